The number of carbonyl (C=O) groups is 1. The van der Waals surface area contributed by atoms with Crippen molar-refractivity contribution < 1.29 is 9.53 Å². The predicted molar refractivity (Wildman–Crippen MR) is 82.0 cm³/mol. The van der Waals surface area contributed by atoms with Gasteiger partial charge in [-0.3, -0.25) is 4.79 Å². The fourth-order valence-electron chi connectivity index (χ4n) is 2.67. The fraction of sp³-hybridized carbons (Fsp3) is 0.667. The lowest BCUT2D eigenvalue weighted by atomic mass is 10.1. The monoisotopic (exact) mass is 296 g/mol. The van der Waals surface area contributed by atoms with Gasteiger partial charge in [-0.1, -0.05) is 6.07 Å². The van der Waals surface area contributed by atoms with Crippen molar-refractivity contribution >= 4 is 17.3 Å². The van der Waals surface area contributed by atoms with Crippen LogP contribution in [0.3, 0.4) is 0 Å². The van der Waals surface area contributed by atoms with Gasteiger partial charge in [0.2, 0.25) is 0 Å². The molecular formula is C15H24N2O2S. The maximum absolute atomic E-state index is 11.6. The number of nitrogens with zero attached hydrogens (tertiary/aromatic N) is 1. The number of carbonyl (C=O) groups excluding carboxylic acids is 1. The molecule has 0 spiro atoms. The Balaban J connectivity index is 1.98. The van der Waals surface area contributed by atoms with Gasteiger partial charge in [0.1, 0.15) is 0 Å². The summed E-state index contributed by atoms with van der Waals surface area (Å²) in [5.74, 6) is -0.151. The third-order valence-electron chi connectivity index (χ3n) is 3.87. The Morgan fingerprint density at radius 2 is 2.40 bits per heavy atom. The standard InChI is InChI=1S/C15H24N2O2S/c1-17-8-3-5-12(7-9-17)16-13(11-15(18)19-2)14-6-4-10-20-14/h4,6,10,12-13,16H,3,5,7-9,11H2,1-2H3. The van der Waals surface area contributed by atoms with Crippen LogP contribution in [0, 0.1) is 0 Å². The van der Waals surface area contributed by atoms with Gasteiger partial charge in [-0.05, 0) is 50.8 Å². The number of ether oxygens (including phenoxy) is 1. The molecule has 0 saturated carbocycles. The van der Waals surface area contributed by atoms with Gasteiger partial charge in [-0.15, -0.1) is 11.3 Å². The molecule has 2 unspecified atom stereocenters. The Labute approximate surface area is 125 Å². The summed E-state index contributed by atoms with van der Waals surface area (Å²) in [5.41, 5.74) is 0. The summed E-state index contributed by atoms with van der Waals surface area (Å²) >= 11 is 1.70. The number of rotatable bonds is 5. The van der Waals surface area contributed by atoms with E-state index in [1.165, 1.54) is 31.4 Å². The molecule has 1 aromatic heterocycles. The minimum atomic E-state index is -0.151. The molecule has 1 N–H and O–H groups in total. The summed E-state index contributed by atoms with van der Waals surface area (Å²) in [7, 11) is 3.63. The third-order valence-corrected chi connectivity index (χ3v) is 4.86. The summed E-state index contributed by atoms with van der Waals surface area (Å²) in [5, 5.41) is 5.72. The van der Waals surface area contributed by atoms with Crippen LogP contribution < -0.4 is 5.32 Å². The summed E-state index contributed by atoms with van der Waals surface area (Å²) in [6.07, 6.45) is 3.93. The van der Waals surface area contributed by atoms with Crippen LogP contribution in [0.25, 0.3) is 0 Å². The second kappa shape index (κ2) is 7.76. The second-order valence-electron chi connectivity index (χ2n) is 5.45. The highest BCUT2D eigenvalue weighted by Crippen LogP contribution is 2.24. The highest BCUT2D eigenvalue weighted by Gasteiger charge is 2.22. The predicted octanol–water partition coefficient (Wildman–Crippen LogP) is 2.43. The molecule has 1 aliphatic heterocycles. The van der Waals surface area contributed by atoms with Gasteiger partial charge in [0.25, 0.3) is 0 Å². The number of nitrogens with one attached hydrogen (secondary N) is 1. The van der Waals surface area contributed by atoms with Crippen molar-refractivity contribution in [1.82, 2.24) is 10.2 Å². The van der Waals surface area contributed by atoms with Crippen LogP contribution in [-0.4, -0.2) is 44.2 Å². The summed E-state index contributed by atoms with van der Waals surface area (Å²) in [6, 6.07) is 4.69. The van der Waals surface area contributed by atoms with E-state index in [4.69, 9.17) is 4.74 Å². The van der Waals surface area contributed by atoms with Crippen LogP contribution in [0.15, 0.2) is 17.5 Å². The molecule has 1 saturated heterocycles. The van der Waals surface area contributed by atoms with E-state index < -0.39 is 0 Å². The van der Waals surface area contributed by atoms with Crippen molar-refractivity contribution in [1.29, 1.82) is 0 Å². The van der Waals surface area contributed by atoms with Crippen molar-refractivity contribution in [2.75, 3.05) is 27.2 Å². The summed E-state index contributed by atoms with van der Waals surface area (Å²) in [4.78, 5) is 15.2. The summed E-state index contributed by atoms with van der Waals surface area (Å²) < 4.78 is 4.83. The van der Waals surface area contributed by atoms with Gasteiger partial charge in [0, 0.05) is 10.9 Å². The molecule has 0 aromatic carbocycles. The maximum Gasteiger partial charge on any atom is 0.307 e. The van der Waals surface area contributed by atoms with Crippen LogP contribution in [0.5, 0.6) is 0 Å². The van der Waals surface area contributed by atoms with Crippen LogP contribution in [0.4, 0.5) is 0 Å². The normalized spacial score (nSPS) is 22.2. The van der Waals surface area contributed by atoms with Gasteiger partial charge in [-0.25, -0.2) is 0 Å². The first kappa shape index (κ1) is 15.5. The highest BCUT2D eigenvalue weighted by atomic mass is 32.1. The molecule has 0 radical (unpaired) electrons. The van der Waals surface area contributed by atoms with Gasteiger partial charge < -0.3 is 15.0 Å². The highest BCUT2D eigenvalue weighted by molar-refractivity contribution is 7.10. The minimum Gasteiger partial charge on any atom is -0.469 e. The third kappa shape index (κ3) is 4.58. The van der Waals surface area contributed by atoms with E-state index in [0.29, 0.717) is 12.5 Å². The number of hydrogen-bond donors (Lipinski definition) is 1. The average Bonchev–Trinajstić information content (AvgIpc) is 2.90. The lowest BCUT2D eigenvalue weighted by Crippen LogP contribution is -2.34. The van der Waals surface area contributed by atoms with Crippen LogP contribution in [0.1, 0.15) is 36.6 Å². The van der Waals surface area contributed by atoms with Crippen molar-refractivity contribution in [3.05, 3.63) is 22.4 Å². The van der Waals surface area contributed by atoms with Gasteiger partial charge in [-0.2, -0.15) is 0 Å². The molecule has 1 fully saturated rings. The number of esters is 1. The Morgan fingerprint density at radius 3 is 3.10 bits per heavy atom. The molecule has 112 valence electrons. The molecule has 0 amide bonds. The van der Waals surface area contributed by atoms with Crippen molar-refractivity contribution in [3.63, 3.8) is 0 Å². The Hall–Kier alpha value is -0.910. The molecule has 1 aromatic rings. The molecule has 0 bridgehead atoms. The first-order valence-corrected chi connectivity index (χ1v) is 8.12. The van der Waals surface area contributed by atoms with Gasteiger partial charge in [0.05, 0.1) is 19.6 Å². The molecule has 4 nitrogen and oxygen atoms in total. The van der Waals surface area contributed by atoms with Crippen molar-refractivity contribution in [2.24, 2.45) is 0 Å². The Kier molecular flexibility index (Phi) is 6.01. The van der Waals surface area contributed by atoms with Crippen LogP contribution >= 0.6 is 11.3 Å². The van der Waals surface area contributed by atoms with Gasteiger partial charge in [0.15, 0.2) is 0 Å². The van der Waals surface area contributed by atoms with E-state index in [9.17, 15) is 4.79 Å². The first-order chi connectivity index (χ1) is 9.69. The van der Waals surface area contributed by atoms with E-state index in [0.717, 1.165) is 13.0 Å². The average molecular weight is 296 g/mol. The lowest BCUT2D eigenvalue weighted by molar-refractivity contribution is -0.141. The number of thiophene rings is 1. The second-order valence-corrected chi connectivity index (χ2v) is 6.43. The molecule has 20 heavy (non-hydrogen) atoms. The molecular weight excluding hydrogens is 272 g/mol. The number of hydrogen-bond acceptors (Lipinski definition) is 5. The maximum atomic E-state index is 11.6. The molecule has 2 atom stereocenters. The molecule has 5 heteroatoms. The zero-order chi connectivity index (χ0) is 14.4. The summed E-state index contributed by atoms with van der Waals surface area (Å²) in [6.45, 7) is 2.28. The molecule has 2 rings (SSSR count). The fourth-order valence-corrected chi connectivity index (χ4v) is 3.46. The molecule has 2 heterocycles. The first-order valence-electron chi connectivity index (χ1n) is 7.24. The van der Waals surface area contributed by atoms with Crippen LogP contribution in [0.2, 0.25) is 0 Å². The van der Waals surface area contributed by atoms with Crippen molar-refractivity contribution in [3.8, 4) is 0 Å². The number of methoxy groups -OCH3 is 1. The molecule has 0 aliphatic carbocycles. The van der Waals surface area contributed by atoms with E-state index >= 15 is 0 Å². The Morgan fingerprint density at radius 1 is 1.55 bits per heavy atom. The van der Waals surface area contributed by atoms with Gasteiger partial charge >= 0.3 is 5.97 Å². The smallest absolute Gasteiger partial charge is 0.307 e. The largest absolute Gasteiger partial charge is 0.469 e. The van der Waals surface area contributed by atoms with E-state index in [1.54, 1.807) is 11.3 Å². The van der Waals surface area contributed by atoms with Crippen molar-refractivity contribution in [2.45, 2.75) is 37.8 Å². The van der Waals surface area contributed by atoms with E-state index in [1.807, 2.05) is 6.07 Å². The lowest BCUT2D eigenvalue weighted by Gasteiger charge is -2.23. The van der Waals surface area contributed by atoms with E-state index in [2.05, 4.69) is 28.7 Å². The molecule has 1 aliphatic rings. The minimum absolute atomic E-state index is 0.0795. The topological polar surface area (TPSA) is 41.6 Å². The number of likely N-dealkylation sites (tertiary alicyclic amines) is 1. The van der Waals surface area contributed by atoms with E-state index in [-0.39, 0.29) is 12.0 Å². The quantitative estimate of drug-likeness (QED) is 0.847. The van der Waals surface area contributed by atoms with Crippen LogP contribution in [-0.2, 0) is 9.53 Å². The Bertz CT molecular complexity index is 408. The SMILES string of the molecule is COC(=O)CC(NC1CCCN(C)CC1)c1cccs1. The zero-order valence-electron chi connectivity index (χ0n) is 12.3. The zero-order valence-corrected chi connectivity index (χ0v) is 13.1.